The molecule has 1 aromatic carbocycles. The zero-order valence-electron chi connectivity index (χ0n) is 5.95. The van der Waals surface area contributed by atoms with E-state index in [1.54, 1.807) is 24.3 Å². The molecule has 1 aromatic rings. The summed E-state index contributed by atoms with van der Waals surface area (Å²) in [7, 11) is 0. The maximum absolute atomic E-state index is 11.2. The number of carbonyl (C=O) groups is 2. The molecule has 0 aliphatic carbocycles. The smallest absolute Gasteiger partial charge is 0.267 e. The molecular formula is C8H4ClNO2. The molecule has 3 nitrogen and oxygen atoms in total. The highest BCUT2D eigenvalue weighted by atomic mass is 35.5. The van der Waals surface area contributed by atoms with E-state index in [1.165, 1.54) is 0 Å². The standard InChI is InChI=1S/C8H4ClNO2/c9-10-7(11)5-3-1-2-4-6(5)8(10)12/h1-4H. The third-order valence-electron chi connectivity index (χ3n) is 1.74. The number of carbonyl (C=O) groups excluding carboxylic acids is 2. The molecule has 0 fully saturated rings. The molecule has 0 saturated heterocycles. The van der Waals surface area contributed by atoms with Gasteiger partial charge >= 0.3 is 0 Å². The highest BCUT2D eigenvalue weighted by molar-refractivity contribution is 6.39. The van der Waals surface area contributed by atoms with Crippen LogP contribution in [0.5, 0.6) is 0 Å². The van der Waals surface area contributed by atoms with Gasteiger partial charge < -0.3 is 0 Å². The second-order valence-electron chi connectivity index (χ2n) is 2.44. The third kappa shape index (κ3) is 0.769. The molecule has 1 aliphatic heterocycles. The lowest BCUT2D eigenvalue weighted by Gasteiger charge is -1.97. The van der Waals surface area contributed by atoms with E-state index in [-0.39, 0.29) is 0 Å². The lowest BCUT2D eigenvalue weighted by molar-refractivity contribution is 0.0767. The Kier molecular flexibility index (Phi) is 1.41. The van der Waals surface area contributed by atoms with Gasteiger partial charge in [-0.2, -0.15) is 4.42 Å². The Bertz CT molecular complexity index is 340. The minimum Gasteiger partial charge on any atom is -0.267 e. The van der Waals surface area contributed by atoms with Crippen LogP contribution < -0.4 is 0 Å². The minimum absolute atomic E-state index is 0.373. The van der Waals surface area contributed by atoms with Crippen molar-refractivity contribution in [3.63, 3.8) is 0 Å². The molecular weight excluding hydrogens is 178 g/mol. The Morgan fingerprint density at radius 3 is 1.83 bits per heavy atom. The van der Waals surface area contributed by atoms with Gasteiger partial charge in [-0.15, -0.1) is 0 Å². The van der Waals surface area contributed by atoms with E-state index in [2.05, 4.69) is 0 Å². The van der Waals surface area contributed by atoms with Crippen LogP contribution in [0.2, 0.25) is 0 Å². The van der Waals surface area contributed by atoms with Crippen LogP contribution in [0.4, 0.5) is 0 Å². The third-order valence-corrected chi connectivity index (χ3v) is 2.05. The first-order valence-corrected chi connectivity index (χ1v) is 3.69. The quantitative estimate of drug-likeness (QED) is 0.449. The lowest BCUT2D eigenvalue weighted by atomic mass is 10.1. The molecule has 0 bridgehead atoms. The van der Waals surface area contributed by atoms with Gasteiger partial charge in [-0.3, -0.25) is 9.59 Å². The van der Waals surface area contributed by atoms with Gasteiger partial charge in [0.15, 0.2) is 0 Å². The summed E-state index contributed by atoms with van der Waals surface area (Å²) in [6.07, 6.45) is 0. The molecule has 1 aliphatic rings. The molecule has 2 rings (SSSR count). The summed E-state index contributed by atoms with van der Waals surface area (Å²) in [5.41, 5.74) is 0.745. The van der Waals surface area contributed by atoms with Crippen LogP contribution in [0, 0.1) is 0 Å². The predicted molar refractivity (Wildman–Crippen MR) is 42.8 cm³/mol. The molecule has 0 saturated carbocycles. The maximum Gasteiger partial charge on any atom is 0.276 e. The van der Waals surface area contributed by atoms with E-state index in [4.69, 9.17) is 11.8 Å². The predicted octanol–water partition coefficient (Wildman–Crippen LogP) is 1.44. The van der Waals surface area contributed by atoms with Crippen LogP contribution in [0.25, 0.3) is 0 Å². The van der Waals surface area contributed by atoms with Crippen LogP contribution >= 0.6 is 11.8 Å². The Morgan fingerprint density at radius 2 is 1.42 bits per heavy atom. The molecule has 1 heterocycles. The van der Waals surface area contributed by atoms with Gasteiger partial charge in [-0.05, 0) is 12.1 Å². The van der Waals surface area contributed by atoms with Crippen molar-refractivity contribution in [2.75, 3.05) is 0 Å². The van der Waals surface area contributed by atoms with Gasteiger partial charge in [0, 0.05) is 11.8 Å². The molecule has 0 unspecified atom stereocenters. The van der Waals surface area contributed by atoms with E-state index in [9.17, 15) is 9.59 Å². The van der Waals surface area contributed by atoms with Crippen molar-refractivity contribution in [3.05, 3.63) is 35.4 Å². The highest BCUT2D eigenvalue weighted by Gasteiger charge is 2.33. The van der Waals surface area contributed by atoms with Gasteiger partial charge in [-0.1, -0.05) is 12.1 Å². The molecule has 0 radical (unpaired) electrons. The molecule has 0 spiro atoms. The van der Waals surface area contributed by atoms with E-state index < -0.39 is 11.8 Å². The number of amides is 2. The molecule has 0 atom stereocenters. The largest absolute Gasteiger partial charge is 0.276 e. The number of hydrogen-bond donors (Lipinski definition) is 0. The molecule has 4 heteroatoms. The fourth-order valence-corrected chi connectivity index (χ4v) is 1.34. The monoisotopic (exact) mass is 181 g/mol. The Morgan fingerprint density at radius 1 is 1.00 bits per heavy atom. The SMILES string of the molecule is O=C1c2ccccc2C(=O)N1Cl. The first-order chi connectivity index (χ1) is 5.72. The first-order valence-electron chi connectivity index (χ1n) is 3.35. The number of benzene rings is 1. The topological polar surface area (TPSA) is 37.4 Å². The zero-order valence-corrected chi connectivity index (χ0v) is 6.71. The fourth-order valence-electron chi connectivity index (χ4n) is 1.16. The van der Waals surface area contributed by atoms with E-state index >= 15 is 0 Å². The summed E-state index contributed by atoms with van der Waals surface area (Å²) in [6, 6.07) is 6.55. The minimum atomic E-state index is -0.447. The van der Waals surface area contributed by atoms with Crippen LogP contribution in [0.1, 0.15) is 20.7 Å². The summed E-state index contributed by atoms with van der Waals surface area (Å²) in [5, 5.41) is 0. The second kappa shape index (κ2) is 2.32. The van der Waals surface area contributed by atoms with Gasteiger partial charge in [-0.25, -0.2) is 0 Å². The molecule has 0 N–H and O–H groups in total. The van der Waals surface area contributed by atoms with Gasteiger partial charge in [0.25, 0.3) is 11.8 Å². The molecule has 0 aromatic heterocycles. The normalized spacial score (nSPS) is 15.2. The number of imide groups is 1. The van der Waals surface area contributed by atoms with Crippen LogP contribution in [-0.4, -0.2) is 16.2 Å². The van der Waals surface area contributed by atoms with Crippen molar-refractivity contribution in [1.82, 2.24) is 4.42 Å². The molecule has 12 heavy (non-hydrogen) atoms. The Labute approximate surface area is 73.7 Å². The average Bonchev–Trinajstić information content (AvgIpc) is 2.33. The van der Waals surface area contributed by atoms with E-state index in [0.29, 0.717) is 15.5 Å². The number of fused-ring (bicyclic) bond motifs is 1. The van der Waals surface area contributed by atoms with Crippen LogP contribution in [-0.2, 0) is 0 Å². The lowest BCUT2D eigenvalue weighted by Crippen LogP contribution is -2.18. The van der Waals surface area contributed by atoms with Gasteiger partial charge in [0.2, 0.25) is 0 Å². The second-order valence-corrected chi connectivity index (χ2v) is 2.77. The maximum atomic E-state index is 11.2. The average molecular weight is 182 g/mol. The zero-order chi connectivity index (χ0) is 8.72. The fraction of sp³-hybridized carbons (Fsp3) is 0. The number of halogens is 1. The van der Waals surface area contributed by atoms with Crippen molar-refractivity contribution in [1.29, 1.82) is 0 Å². The van der Waals surface area contributed by atoms with Gasteiger partial charge in [0.1, 0.15) is 0 Å². The van der Waals surface area contributed by atoms with Crippen molar-refractivity contribution < 1.29 is 9.59 Å². The molecule has 2 amide bonds. The number of nitrogens with zero attached hydrogens (tertiary/aromatic N) is 1. The van der Waals surface area contributed by atoms with E-state index in [0.717, 1.165) is 0 Å². The summed E-state index contributed by atoms with van der Waals surface area (Å²) < 4.78 is 0.602. The summed E-state index contributed by atoms with van der Waals surface area (Å²) in [6.45, 7) is 0. The highest BCUT2D eigenvalue weighted by Crippen LogP contribution is 2.23. The van der Waals surface area contributed by atoms with Crippen molar-refractivity contribution in [2.45, 2.75) is 0 Å². The summed E-state index contributed by atoms with van der Waals surface area (Å²) in [4.78, 5) is 22.4. The van der Waals surface area contributed by atoms with Crippen LogP contribution in [0.15, 0.2) is 24.3 Å². The summed E-state index contributed by atoms with van der Waals surface area (Å²) >= 11 is 5.41. The number of hydrogen-bond acceptors (Lipinski definition) is 2. The Hall–Kier alpha value is -1.35. The molecule has 60 valence electrons. The van der Waals surface area contributed by atoms with Gasteiger partial charge in [0.05, 0.1) is 11.1 Å². The van der Waals surface area contributed by atoms with Crippen molar-refractivity contribution in [3.8, 4) is 0 Å². The first kappa shape index (κ1) is 7.31. The van der Waals surface area contributed by atoms with Crippen molar-refractivity contribution in [2.24, 2.45) is 0 Å². The Balaban J connectivity index is 2.67. The number of rotatable bonds is 0. The summed E-state index contributed by atoms with van der Waals surface area (Å²) in [5.74, 6) is -0.894. The van der Waals surface area contributed by atoms with Crippen LogP contribution in [0.3, 0.4) is 0 Å². The van der Waals surface area contributed by atoms with Crippen molar-refractivity contribution >= 4 is 23.6 Å². The van der Waals surface area contributed by atoms with E-state index in [1.807, 2.05) is 0 Å².